The highest BCUT2D eigenvalue weighted by Gasteiger charge is 2.12. The van der Waals surface area contributed by atoms with Gasteiger partial charge in [0.2, 0.25) is 0 Å². The quantitative estimate of drug-likeness (QED) is 0.458. The van der Waals surface area contributed by atoms with Crippen LogP contribution in [0.25, 0.3) is 0 Å². The standard InChI is InChI=1S/C22H33N3O2/c1-16(2)25(17(3)4)13-5-6-14-26-18-7-9-19(10-8-18)27-20-11-12-21(23)22(24)15-20/h7-12,15-17H,5-6,13-14,23-24H2,1-4H3. The van der Waals surface area contributed by atoms with Crippen LogP contribution >= 0.6 is 0 Å². The Bertz CT molecular complexity index is 691. The van der Waals surface area contributed by atoms with Crippen LogP contribution < -0.4 is 20.9 Å². The van der Waals surface area contributed by atoms with E-state index in [0.29, 0.717) is 29.2 Å². The lowest BCUT2D eigenvalue weighted by Gasteiger charge is -2.30. The van der Waals surface area contributed by atoms with Crippen molar-refractivity contribution in [3.63, 3.8) is 0 Å². The molecule has 2 rings (SSSR count). The van der Waals surface area contributed by atoms with Gasteiger partial charge in [-0.25, -0.2) is 0 Å². The number of rotatable bonds is 10. The number of benzene rings is 2. The lowest BCUT2D eigenvalue weighted by molar-refractivity contribution is 0.167. The van der Waals surface area contributed by atoms with Crippen molar-refractivity contribution in [2.45, 2.75) is 52.6 Å². The van der Waals surface area contributed by atoms with Crippen molar-refractivity contribution in [3.05, 3.63) is 42.5 Å². The fraction of sp³-hybridized carbons (Fsp3) is 0.455. The van der Waals surface area contributed by atoms with Gasteiger partial charge in [-0.15, -0.1) is 0 Å². The Morgan fingerprint density at radius 2 is 1.37 bits per heavy atom. The van der Waals surface area contributed by atoms with Gasteiger partial charge in [-0.05, 0) is 83.5 Å². The molecule has 0 saturated heterocycles. The molecule has 0 fully saturated rings. The molecule has 2 aromatic carbocycles. The van der Waals surface area contributed by atoms with E-state index >= 15 is 0 Å². The van der Waals surface area contributed by atoms with Crippen LogP contribution in [0.5, 0.6) is 17.2 Å². The Hall–Kier alpha value is -2.40. The number of hydrogen-bond donors (Lipinski definition) is 2. The molecule has 27 heavy (non-hydrogen) atoms. The zero-order valence-electron chi connectivity index (χ0n) is 16.9. The zero-order valence-corrected chi connectivity index (χ0v) is 16.9. The molecule has 0 heterocycles. The number of hydrogen-bond acceptors (Lipinski definition) is 5. The molecule has 0 unspecified atom stereocenters. The third kappa shape index (κ3) is 6.68. The minimum atomic E-state index is 0.515. The van der Waals surface area contributed by atoms with Gasteiger partial charge in [-0.2, -0.15) is 0 Å². The Morgan fingerprint density at radius 3 is 1.96 bits per heavy atom. The third-order valence-electron chi connectivity index (χ3n) is 4.52. The van der Waals surface area contributed by atoms with Gasteiger partial charge in [0.15, 0.2) is 0 Å². The van der Waals surface area contributed by atoms with E-state index in [2.05, 4.69) is 32.6 Å². The summed E-state index contributed by atoms with van der Waals surface area (Å²) in [4.78, 5) is 2.51. The highest BCUT2D eigenvalue weighted by Crippen LogP contribution is 2.27. The van der Waals surface area contributed by atoms with Crippen molar-refractivity contribution in [1.82, 2.24) is 4.90 Å². The monoisotopic (exact) mass is 371 g/mol. The second-order valence-electron chi connectivity index (χ2n) is 7.35. The summed E-state index contributed by atoms with van der Waals surface area (Å²) in [5.41, 5.74) is 12.6. The lowest BCUT2D eigenvalue weighted by atomic mass is 10.2. The van der Waals surface area contributed by atoms with Crippen LogP contribution in [0.15, 0.2) is 42.5 Å². The predicted octanol–water partition coefficient (Wildman–Crippen LogP) is 4.92. The molecular formula is C22H33N3O2. The van der Waals surface area contributed by atoms with Crippen LogP contribution in [0.1, 0.15) is 40.5 Å². The topological polar surface area (TPSA) is 73.7 Å². The highest BCUT2D eigenvalue weighted by molar-refractivity contribution is 5.65. The van der Waals surface area contributed by atoms with Crippen LogP contribution in [-0.2, 0) is 0 Å². The Labute approximate surface area is 163 Å². The summed E-state index contributed by atoms with van der Waals surface area (Å²) in [5.74, 6) is 2.25. The van der Waals surface area contributed by atoms with Gasteiger partial charge in [-0.3, -0.25) is 4.90 Å². The molecule has 5 nitrogen and oxygen atoms in total. The molecule has 0 spiro atoms. The second kappa shape index (κ2) is 10.1. The maximum atomic E-state index is 5.84. The first-order valence-corrected chi connectivity index (χ1v) is 9.68. The van der Waals surface area contributed by atoms with E-state index in [1.54, 1.807) is 18.2 Å². The number of ether oxygens (including phenoxy) is 2. The molecule has 0 saturated carbocycles. The number of nitrogens with zero attached hydrogens (tertiary/aromatic N) is 1. The van der Waals surface area contributed by atoms with Gasteiger partial charge >= 0.3 is 0 Å². The van der Waals surface area contributed by atoms with Crippen molar-refractivity contribution in [1.29, 1.82) is 0 Å². The van der Waals surface area contributed by atoms with E-state index < -0.39 is 0 Å². The third-order valence-corrected chi connectivity index (χ3v) is 4.52. The van der Waals surface area contributed by atoms with Gasteiger partial charge in [0, 0.05) is 18.2 Å². The average Bonchev–Trinajstić information content (AvgIpc) is 2.62. The first-order chi connectivity index (χ1) is 12.9. The van der Waals surface area contributed by atoms with E-state index in [4.69, 9.17) is 20.9 Å². The van der Waals surface area contributed by atoms with E-state index in [-0.39, 0.29) is 0 Å². The first kappa shape index (κ1) is 20.9. The van der Waals surface area contributed by atoms with Gasteiger partial charge in [0.25, 0.3) is 0 Å². The molecule has 4 N–H and O–H groups in total. The van der Waals surface area contributed by atoms with E-state index in [0.717, 1.165) is 37.5 Å². The summed E-state index contributed by atoms with van der Waals surface area (Å²) in [7, 11) is 0. The minimum absolute atomic E-state index is 0.515. The normalized spacial score (nSPS) is 11.4. The first-order valence-electron chi connectivity index (χ1n) is 9.68. The summed E-state index contributed by atoms with van der Waals surface area (Å²) >= 11 is 0. The molecule has 0 aliphatic rings. The smallest absolute Gasteiger partial charge is 0.129 e. The summed E-state index contributed by atoms with van der Waals surface area (Å²) < 4.78 is 11.6. The fourth-order valence-corrected chi connectivity index (χ4v) is 3.06. The zero-order chi connectivity index (χ0) is 19.8. The van der Waals surface area contributed by atoms with Crippen LogP contribution in [0.3, 0.4) is 0 Å². The molecular weight excluding hydrogens is 338 g/mol. The molecule has 5 heteroatoms. The molecule has 0 radical (unpaired) electrons. The van der Waals surface area contributed by atoms with Gasteiger partial charge < -0.3 is 20.9 Å². The van der Waals surface area contributed by atoms with E-state index in [9.17, 15) is 0 Å². The lowest BCUT2D eigenvalue weighted by Crippen LogP contribution is -2.37. The van der Waals surface area contributed by atoms with E-state index in [1.165, 1.54) is 0 Å². The van der Waals surface area contributed by atoms with E-state index in [1.807, 2.05) is 24.3 Å². The van der Waals surface area contributed by atoms with Crippen LogP contribution in [0, 0.1) is 0 Å². The molecule has 148 valence electrons. The fourth-order valence-electron chi connectivity index (χ4n) is 3.06. The number of nitrogens with two attached hydrogens (primary N) is 2. The van der Waals surface area contributed by atoms with Crippen LogP contribution in [0.4, 0.5) is 11.4 Å². The Balaban J connectivity index is 1.74. The highest BCUT2D eigenvalue weighted by atomic mass is 16.5. The maximum Gasteiger partial charge on any atom is 0.129 e. The molecule has 2 aromatic rings. The largest absolute Gasteiger partial charge is 0.494 e. The average molecular weight is 372 g/mol. The Morgan fingerprint density at radius 1 is 0.778 bits per heavy atom. The van der Waals surface area contributed by atoms with Crippen molar-refractivity contribution >= 4 is 11.4 Å². The number of anilines is 2. The molecule has 0 amide bonds. The number of nitrogen functional groups attached to an aromatic ring is 2. The van der Waals surface area contributed by atoms with Gasteiger partial charge in [0.05, 0.1) is 18.0 Å². The maximum absolute atomic E-state index is 5.84. The van der Waals surface area contributed by atoms with Crippen LogP contribution in [0.2, 0.25) is 0 Å². The molecule has 0 aromatic heterocycles. The van der Waals surface area contributed by atoms with Crippen LogP contribution in [-0.4, -0.2) is 30.1 Å². The summed E-state index contributed by atoms with van der Waals surface area (Å²) in [5, 5.41) is 0. The summed E-state index contributed by atoms with van der Waals surface area (Å²) in [6.45, 7) is 10.8. The predicted molar refractivity (Wildman–Crippen MR) is 113 cm³/mol. The molecule has 0 aliphatic heterocycles. The van der Waals surface area contributed by atoms with Crippen molar-refractivity contribution in [3.8, 4) is 17.2 Å². The number of unbranched alkanes of at least 4 members (excludes halogenated alkanes) is 1. The minimum Gasteiger partial charge on any atom is -0.494 e. The van der Waals surface area contributed by atoms with Gasteiger partial charge in [-0.1, -0.05) is 0 Å². The summed E-state index contributed by atoms with van der Waals surface area (Å²) in [6.07, 6.45) is 2.18. The second-order valence-corrected chi connectivity index (χ2v) is 7.35. The summed E-state index contributed by atoms with van der Waals surface area (Å²) in [6, 6.07) is 14.0. The molecule has 0 aliphatic carbocycles. The molecule has 0 atom stereocenters. The van der Waals surface area contributed by atoms with Crippen molar-refractivity contribution < 1.29 is 9.47 Å². The molecule has 0 bridgehead atoms. The van der Waals surface area contributed by atoms with Crippen molar-refractivity contribution in [2.24, 2.45) is 0 Å². The van der Waals surface area contributed by atoms with Crippen molar-refractivity contribution in [2.75, 3.05) is 24.6 Å². The van der Waals surface area contributed by atoms with Gasteiger partial charge in [0.1, 0.15) is 17.2 Å². The SMILES string of the molecule is CC(C)N(CCCCOc1ccc(Oc2ccc(N)c(N)c2)cc1)C(C)C. The Kier molecular flexibility index (Phi) is 7.80.